The smallest absolute Gasteiger partial charge is 0.191 e. The van der Waals surface area contributed by atoms with E-state index in [1.54, 1.807) is 11.3 Å². The van der Waals surface area contributed by atoms with E-state index in [1.807, 2.05) is 50.4 Å². The molecule has 148 valence electrons. The first-order chi connectivity index (χ1) is 13.1. The van der Waals surface area contributed by atoms with Gasteiger partial charge in [-0.1, -0.05) is 30.3 Å². The molecule has 0 saturated heterocycles. The lowest BCUT2D eigenvalue weighted by Crippen LogP contribution is -2.39. The summed E-state index contributed by atoms with van der Waals surface area (Å²) in [6, 6.07) is 9.98. The zero-order valence-electron chi connectivity index (χ0n) is 16.3. The molecule has 0 aliphatic heterocycles. The maximum Gasteiger partial charge on any atom is 0.191 e. The molecule has 1 aromatic carbocycles. The predicted molar refractivity (Wildman–Crippen MR) is 111 cm³/mol. The van der Waals surface area contributed by atoms with Gasteiger partial charge in [0.25, 0.3) is 0 Å². The van der Waals surface area contributed by atoms with E-state index >= 15 is 0 Å². The second-order valence-electron chi connectivity index (χ2n) is 6.30. The van der Waals surface area contributed by atoms with Crippen LogP contribution in [0.2, 0.25) is 0 Å². The number of ether oxygens (including phenoxy) is 1. The fourth-order valence-electron chi connectivity index (χ4n) is 2.47. The Bertz CT molecular complexity index is 690. The highest BCUT2D eigenvalue weighted by Crippen LogP contribution is 2.16. The number of rotatable bonds is 10. The lowest BCUT2D eigenvalue weighted by molar-refractivity contribution is 0.00112. The van der Waals surface area contributed by atoms with Crippen LogP contribution < -0.4 is 10.6 Å². The van der Waals surface area contributed by atoms with Crippen LogP contribution in [0.1, 0.15) is 35.4 Å². The highest BCUT2D eigenvalue weighted by Gasteiger charge is 2.10. The molecule has 2 aromatic rings. The van der Waals surface area contributed by atoms with Crippen LogP contribution in [0.3, 0.4) is 0 Å². The number of guanidine groups is 1. The number of aryl methyl sites for hydroxylation is 1. The molecule has 0 fully saturated rings. The molecular weight excluding hydrogens is 360 g/mol. The summed E-state index contributed by atoms with van der Waals surface area (Å²) in [5.74, 6) is 0.695. The minimum atomic E-state index is -0.645. The van der Waals surface area contributed by atoms with Crippen molar-refractivity contribution in [2.45, 2.75) is 39.4 Å². The van der Waals surface area contributed by atoms with Gasteiger partial charge in [-0.3, -0.25) is 4.99 Å². The van der Waals surface area contributed by atoms with Gasteiger partial charge in [0.05, 0.1) is 30.4 Å². The van der Waals surface area contributed by atoms with E-state index in [-0.39, 0.29) is 19.3 Å². The van der Waals surface area contributed by atoms with Crippen LogP contribution in [-0.4, -0.2) is 48.4 Å². The first kappa shape index (κ1) is 21.3. The molecule has 1 heterocycles. The first-order valence-electron chi connectivity index (χ1n) is 9.36. The molecule has 1 aromatic heterocycles. The van der Waals surface area contributed by atoms with Gasteiger partial charge in [0.15, 0.2) is 5.96 Å². The summed E-state index contributed by atoms with van der Waals surface area (Å²) in [4.78, 5) is 10.0. The summed E-state index contributed by atoms with van der Waals surface area (Å²) in [7, 11) is 0. The lowest BCUT2D eigenvalue weighted by atomic mass is 10.1. The van der Waals surface area contributed by atoms with Crippen molar-refractivity contribution in [1.29, 1.82) is 0 Å². The van der Waals surface area contributed by atoms with Crippen LogP contribution in [0, 0.1) is 6.92 Å². The Morgan fingerprint density at radius 2 is 2.07 bits per heavy atom. The third kappa shape index (κ3) is 8.07. The molecule has 0 amide bonds. The van der Waals surface area contributed by atoms with E-state index in [0.29, 0.717) is 5.96 Å². The van der Waals surface area contributed by atoms with E-state index in [4.69, 9.17) is 4.74 Å². The number of aliphatic hydroxyl groups is 1. The summed E-state index contributed by atoms with van der Waals surface area (Å²) < 4.78 is 5.76. The predicted octanol–water partition coefficient (Wildman–Crippen LogP) is 2.69. The van der Waals surface area contributed by atoms with Crippen molar-refractivity contribution < 1.29 is 9.84 Å². The monoisotopic (exact) mass is 390 g/mol. The summed E-state index contributed by atoms with van der Waals surface area (Å²) in [6.45, 7) is 8.10. The van der Waals surface area contributed by atoms with Crippen LogP contribution in [0.4, 0.5) is 0 Å². The third-order valence-electron chi connectivity index (χ3n) is 3.91. The van der Waals surface area contributed by atoms with Crippen LogP contribution in [0.15, 0.2) is 41.5 Å². The molecule has 0 bridgehead atoms. The average Bonchev–Trinajstić information content (AvgIpc) is 3.10. The van der Waals surface area contributed by atoms with Gasteiger partial charge in [-0.2, -0.15) is 0 Å². The highest BCUT2D eigenvalue weighted by molar-refractivity contribution is 7.11. The maximum absolute atomic E-state index is 10.2. The van der Waals surface area contributed by atoms with Gasteiger partial charge in [-0.25, -0.2) is 4.98 Å². The van der Waals surface area contributed by atoms with E-state index in [9.17, 15) is 5.11 Å². The van der Waals surface area contributed by atoms with Crippen LogP contribution in [0.5, 0.6) is 0 Å². The zero-order valence-corrected chi connectivity index (χ0v) is 17.1. The Morgan fingerprint density at radius 3 is 2.74 bits per heavy atom. The molecule has 0 radical (unpaired) electrons. The summed E-state index contributed by atoms with van der Waals surface area (Å²) in [5, 5.41) is 17.8. The molecule has 27 heavy (non-hydrogen) atoms. The third-order valence-corrected chi connectivity index (χ3v) is 4.88. The standard InChI is InChI=1S/C20H30N4O2S/c1-4-21-20(22-11-10-19-23-12-15(2)27-19)24-13-18(25)14-26-16(3)17-8-6-5-7-9-17/h5-9,12,16,18,25H,4,10-11,13-14H2,1-3H3,(H2,21,22,24). The quantitative estimate of drug-likeness (QED) is 0.429. The Balaban J connectivity index is 1.73. The van der Waals surface area contributed by atoms with E-state index < -0.39 is 6.10 Å². The van der Waals surface area contributed by atoms with Crippen molar-refractivity contribution in [3.8, 4) is 0 Å². The SMILES string of the molecule is CCNC(=NCC(O)COC(C)c1ccccc1)NCCc1ncc(C)s1. The van der Waals surface area contributed by atoms with Gasteiger partial charge in [0.1, 0.15) is 0 Å². The number of thiazole rings is 1. The lowest BCUT2D eigenvalue weighted by Gasteiger charge is -2.16. The molecule has 2 atom stereocenters. The van der Waals surface area contributed by atoms with E-state index in [2.05, 4.69) is 27.5 Å². The van der Waals surface area contributed by atoms with Gasteiger partial charge < -0.3 is 20.5 Å². The van der Waals surface area contributed by atoms with Gasteiger partial charge in [-0.15, -0.1) is 11.3 Å². The van der Waals surface area contributed by atoms with E-state index in [1.165, 1.54) is 4.88 Å². The average molecular weight is 391 g/mol. The highest BCUT2D eigenvalue weighted by atomic mass is 32.1. The summed E-state index contributed by atoms with van der Waals surface area (Å²) in [6.07, 6.45) is 2.04. The molecule has 0 aliphatic carbocycles. The van der Waals surface area contributed by atoms with Gasteiger partial charge in [0.2, 0.25) is 0 Å². The maximum atomic E-state index is 10.2. The Kier molecular flexibility index (Phi) is 9.24. The molecule has 0 spiro atoms. The number of nitrogens with zero attached hydrogens (tertiary/aromatic N) is 2. The van der Waals surface area contributed by atoms with Crippen molar-refractivity contribution >= 4 is 17.3 Å². The van der Waals surface area contributed by atoms with Crippen LogP contribution in [-0.2, 0) is 11.2 Å². The van der Waals surface area contributed by atoms with E-state index in [0.717, 1.165) is 30.1 Å². The fourth-order valence-corrected chi connectivity index (χ4v) is 3.26. The number of aliphatic imine (C=N–C) groups is 1. The molecule has 0 saturated carbocycles. The minimum Gasteiger partial charge on any atom is -0.389 e. The summed E-state index contributed by atoms with van der Waals surface area (Å²) >= 11 is 1.71. The number of hydrogen-bond acceptors (Lipinski definition) is 5. The number of aliphatic hydroxyl groups excluding tert-OH is 1. The number of hydrogen-bond donors (Lipinski definition) is 3. The van der Waals surface area contributed by atoms with Gasteiger partial charge in [-0.05, 0) is 26.3 Å². The topological polar surface area (TPSA) is 78.8 Å². The number of aromatic nitrogens is 1. The normalized spacial score (nSPS) is 14.0. The Labute approximate surface area is 165 Å². The van der Waals surface area contributed by atoms with Crippen molar-refractivity contribution in [2.75, 3.05) is 26.2 Å². The molecule has 2 unspecified atom stereocenters. The fraction of sp³-hybridized carbons (Fsp3) is 0.500. The largest absolute Gasteiger partial charge is 0.389 e. The molecule has 3 N–H and O–H groups in total. The summed E-state index contributed by atoms with van der Waals surface area (Å²) in [5.41, 5.74) is 1.10. The molecular formula is C20H30N4O2S. The molecule has 2 rings (SSSR count). The number of nitrogens with one attached hydrogen (secondary N) is 2. The Morgan fingerprint density at radius 1 is 1.30 bits per heavy atom. The Hall–Kier alpha value is -1.96. The second-order valence-corrected chi connectivity index (χ2v) is 7.62. The minimum absolute atomic E-state index is 0.0575. The first-order valence-corrected chi connectivity index (χ1v) is 10.2. The van der Waals surface area contributed by atoms with Gasteiger partial charge in [0, 0.05) is 30.6 Å². The van der Waals surface area contributed by atoms with Gasteiger partial charge >= 0.3 is 0 Å². The van der Waals surface area contributed by atoms with Crippen LogP contribution >= 0.6 is 11.3 Å². The molecule has 6 nitrogen and oxygen atoms in total. The second kappa shape index (κ2) is 11.7. The zero-order chi connectivity index (χ0) is 19.5. The van der Waals surface area contributed by atoms with Crippen LogP contribution in [0.25, 0.3) is 0 Å². The van der Waals surface area contributed by atoms with Crippen molar-refractivity contribution in [3.63, 3.8) is 0 Å². The van der Waals surface area contributed by atoms with Crippen molar-refractivity contribution in [1.82, 2.24) is 15.6 Å². The van der Waals surface area contributed by atoms with Crippen molar-refractivity contribution in [3.05, 3.63) is 52.0 Å². The number of benzene rings is 1. The molecule has 7 heteroatoms. The molecule has 0 aliphatic rings. The van der Waals surface area contributed by atoms with Crippen molar-refractivity contribution in [2.24, 2.45) is 4.99 Å².